The van der Waals surface area contributed by atoms with Crippen LogP contribution < -0.4 is 4.57 Å². The third-order valence-corrected chi connectivity index (χ3v) is 7.67. The Morgan fingerprint density at radius 3 is 2.21 bits per heavy atom. The summed E-state index contributed by atoms with van der Waals surface area (Å²) in [6.07, 6.45) is 3.30. The van der Waals surface area contributed by atoms with Crippen molar-refractivity contribution >= 4 is 49.0 Å². The lowest BCUT2D eigenvalue weighted by Gasteiger charge is -2.20. The molecule has 0 aliphatic rings. The SMILES string of the molecule is Cc1cc2c3cc(C)c(C)c4c3n(c2cc1C)c1cc(CC(C)(C)C)cc2cc[n+](C)c4c21. The van der Waals surface area contributed by atoms with Crippen molar-refractivity contribution in [2.75, 3.05) is 0 Å². The summed E-state index contributed by atoms with van der Waals surface area (Å²) in [6, 6.07) is 14.4. The number of hydrogen-bond donors (Lipinski definition) is 0. The predicted octanol–water partition coefficient (Wildman–Crippen LogP) is 7.64. The van der Waals surface area contributed by atoms with E-state index in [1.807, 2.05) is 0 Å². The van der Waals surface area contributed by atoms with E-state index in [0.717, 1.165) is 6.42 Å². The van der Waals surface area contributed by atoms with Gasteiger partial charge in [0, 0.05) is 16.8 Å². The quantitative estimate of drug-likeness (QED) is 0.143. The molecule has 33 heavy (non-hydrogen) atoms. The third kappa shape index (κ3) is 2.76. The number of benzene rings is 3. The lowest BCUT2D eigenvalue weighted by molar-refractivity contribution is -0.643. The minimum Gasteiger partial charge on any atom is -0.307 e. The maximum absolute atomic E-state index is 2.57. The van der Waals surface area contributed by atoms with Crippen molar-refractivity contribution < 1.29 is 4.57 Å². The first-order chi connectivity index (χ1) is 15.5. The van der Waals surface area contributed by atoms with Gasteiger partial charge >= 0.3 is 0 Å². The van der Waals surface area contributed by atoms with Gasteiger partial charge in [0.2, 0.25) is 5.52 Å². The van der Waals surface area contributed by atoms with Gasteiger partial charge in [0.15, 0.2) is 6.20 Å². The minimum atomic E-state index is 0.241. The Balaban J connectivity index is 1.99. The van der Waals surface area contributed by atoms with Gasteiger partial charge < -0.3 is 4.40 Å². The lowest BCUT2D eigenvalue weighted by atomic mass is 9.87. The van der Waals surface area contributed by atoms with Crippen LogP contribution in [0.5, 0.6) is 0 Å². The van der Waals surface area contributed by atoms with Crippen LogP contribution in [-0.2, 0) is 13.5 Å². The van der Waals surface area contributed by atoms with Gasteiger partial charge in [-0.15, -0.1) is 0 Å². The van der Waals surface area contributed by atoms with Gasteiger partial charge in [0.25, 0.3) is 0 Å². The maximum Gasteiger partial charge on any atom is 0.224 e. The fourth-order valence-electron chi connectivity index (χ4n) is 5.94. The van der Waals surface area contributed by atoms with Gasteiger partial charge in [0.1, 0.15) is 7.05 Å². The van der Waals surface area contributed by atoms with E-state index in [1.165, 1.54) is 76.8 Å². The molecule has 0 saturated carbocycles. The van der Waals surface area contributed by atoms with E-state index in [2.05, 4.69) is 107 Å². The standard InChI is InChI=1S/C31H33N2/c1-17-11-23-24-12-19(3)20(4)27-29(24)33(25(23)13-18(17)2)26-15-21(16-31(5,6)7)14-22-9-10-32(8)30(27)28(22)26/h9-15H,16H2,1-8H3/q+1. The van der Waals surface area contributed by atoms with Gasteiger partial charge in [-0.05, 0) is 97.0 Å². The van der Waals surface area contributed by atoms with Gasteiger partial charge in [0.05, 0.1) is 27.3 Å². The number of aryl methyl sites for hydroxylation is 5. The number of aromatic nitrogens is 2. The molecule has 0 unspecified atom stereocenters. The average molecular weight is 434 g/mol. The number of hydrogen-bond acceptors (Lipinski definition) is 0. The van der Waals surface area contributed by atoms with Crippen LogP contribution in [0.1, 0.15) is 48.6 Å². The zero-order valence-electron chi connectivity index (χ0n) is 21.1. The Labute approximate surface area is 195 Å². The van der Waals surface area contributed by atoms with Crippen molar-refractivity contribution in [2.24, 2.45) is 12.5 Å². The second-order valence-corrected chi connectivity index (χ2v) is 11.5. The molecule has 0 aliphatic heterocycles. The zero-order valence-corrected chi connectivity index (χ0v) is 21.1. The highest BCUT2D eigenvalue weighted by Crippen LogP contribution is 2.42. The molecule has 0 atom stereocenters. The molecule has 0 aliphatic carbocycles. The van der Waals surface area contributed by atoms with Gasteiger partial charge in [-0.1, -0.05) is 26.8 Å². The molecule has 0 spiro atoms. The summed E-state index contributed by atoms with van der Waals surface area (Å²) in [5.41, 5.74) is 12.5. The summed E-state index contributed by atoms with van der Waals surface area (Å²) in [4.78, 5) is 0. The smallest absolute Gasteiger partial charge is 0.224 e. The van der Waals surface area contributed by atoms with E-state index in [-0.39, 0.29) is 5.41 Å². The summed E-state index contributed by atoms with van der Waals surface area (Å²) < 4.78 is 4.90. The predicted molar refractivity (Wildman–Crippen MR) is 142 cm³/mol. The molecule has 3 aromatic heterocycles. The molecule has 0 N–H and O–H groups in total. The summed E-state index contributed by atoms with van der Waals surface area (Å²) >= 11 is 0. The molecule has 166 valence electrons. The monoisotopic (exact) mass is 433 g/mol. The summed E-state index contributed by atoms with van der Waals surface area (Å²) in [5, 5.41) is 6.83. The Morgan fingerprint density at radius 1 is 0.788 bits per heavy atom. The number of pyridine rings is 2. The van der Waals surface area contributed by atoms with E-state index in [9.17, 15) is 0 Å². The largest absolute Gasteiger partial charge is 0.307 e. The molecule has 0 amide bonds. The van der Waals surface area contributed by atoms with E-state index in [4.69, 9.17) is 0 Å². The van der Waals surface area contributed by atoms with Crippen molar-refractivity contribution in [3.63, 3.8) is 0 Å². The van der Waals surface area contributed by atoms with Crippen molar-refractivity contribution in [3.8, 4) is 0 Å². The Kier molecular flexibility index (Phi) is 4.01. The van der Waals surface area contributed by atoms with E-state index in [0.29, 0.717) is 0 Å². The zero-order chi connectivity index (χ0) is 23.4. The molecule has 0 saturated heterocycles. The molecule has 0 radical (unpaired) electrons. The molecular formula is C31H33N2+. The van der Waals surface area contributed by atoms with Gasteiger partial charge in [-0.25, -0.2) is 4.57 Å². The lowest BCUT2D eigenvalue weighted by Crippen LogP contribution is -2.29. The highest BCUT2D eigenvalue weighted by Gasteiger charge is 2.25. The third-order valence-electron chi connectivity index (χ3n) is 7.67. The van der Waals surface area contributed by atoms with Crippen LogP contribution in [0.25, 0.3) is 49.0 Å². The van der Waals surface area contributed by atoms with Crippen LogP contribution in [-0.4, -0.2) is 4.40 Å². The summed E-state index contributed by atoms with van der Waals surface area (Å²) in [7, 11) is 2.20. The molecule has 3 aromatic carbocycles. The fraction of sp³-hybridized carbons (Fsp3) is 0.323. The van der Waals surface area contributed by atoms with Crippen LogP contribution >= 0.6 is 0 Å². The van der Waals surface area contributed by atoms with Crippen LogP contribution in [0.15, 0.2) is 42.6 Å². The molecule has 2 heteroatoms. The Bertz CT molecular complexity index is 1760. The molecule has 6 aromatic rings. The second kappa shape index (κ2) is 6.47. The van der Waals surface area contributed by atoms with Crippen LogP contribution in [0.2, 0.25) is 0 Å². The van der Waals surface area contributed by atoms with Crippen LogP contribution in [0.4, 0.5) is 0 Å². The molecule has 2 nitrogen and oxygen atoms in total. The van der Waals surface area contributed by atoms with Crippen LogP contribution in [0.3, 0.4) is 0 Å². The second-order valence-electron chi connectivity index (χ2n) is 11.5. The maximum atomic E-state index is 2.57. The first-order valence-electron chi connectivity index (χ1n) is 12.1. The molecule has 3 heterocycles. The molecule has 0 fully saturated rings. The van der Waals surface area contributed by atoms with Crippen molar-refractivity contribution in [3.05, 3.63) is 70.4 Å². The summed E-state index contributed by atoms with van der Waals surface area (Å²) in [5.74, 6) is 0. The van der Waals surface area contributed by atoms with E-state index >= 15 is 0 Å². The highest BCUT2D eigenvalue weighted by atomic mass is 15.0. The van der Waals surface area contributed by atoms with E-state index in [1.54, 1.807) is 0 Å². The topological polar surface area (TPSA) is 8.29 Å². The average Bonchev–Trinajstić information content (AvgIpc) is 3.02. The van der Waals surface area contributed by atoms with Crippen molar-refractivity contribution in [1.82, 2.24) is 4.40 Å². The Hall–Kier alpha value is -3.13. The molecular weight excluding hydrogens is 400 g/mol. The van der Waals surface area contributed by atoms with Gasteiger partial charge in [-0.3, -0.25) is 0 Å². The number of rotatable bonds is 1. The molecule has 6 rings (SSSR count). The highest BCUT2D eigenvalue weighted by molar-refractivity contribution is 6.26. The Morgan fingerprint density at radius 2 is 1.48 bits per heavy atom. The molecule has 0 bridgehead atoms. The normalized spacial score (nSPS) is 13.0. The van der Waals surface area contributed by atoms with Crippen LogP contribution in [0, 0.1) is 33.1 Å². The van der Waals surface area contributed by atoms with E-state index < -0.39 is 0 Å². The van der Waals surface area contributed by atoms with Crippen molar-refractivity contribution in [2.45, 2.75) is 54.9 Å². The minimum absolute atomic E-state index is 0.241. The first-order valence-corrected chi connectivity index (χ1v) is 12.1. The van der Waals surface area contributed by atoms with Crippen molar-refractivity contribution in [1.29, 1.82) is 0 Å². The fourth-order valence-corrected chi connectivity index (χ4v) is 5.94. The number of nitrogens with zero attached hydrogens (tertiary/aromatic N) is 2. The first kappa shape index (κ1) is 20.5. The summed E-state index contributed by atoms with van der Waals surface area (Å²) in [6.45, 7) is 16.0. The number of fused-ring (bicyclic) bond motifs is 5. The van der Waals surface area contributed by atoms with Gasteiger partial charge in [-0.2, -0.15) is 0 Å².